The highest BCUT2D eigenvalue weighted by atomic mass is 35.5. The number of rotatable bonds is 9. The van der Waals surface area contributed by atoms with Gasteiger partial charge in [0.25, 0.3) is 0 Å². The Morgan fingerprint density at radius 2 is 1.94 bits per heavy atom. The van der Waals surface area contributed by atoms with Crippen LogP contribution in [0.4, 0.5) is 23.7 Å². The monoisotopic (exact) mass is 484 g/mol. The average molecular weight is 485 g/mol. The number of carbonyl (C=O) groups is 1. The summed E-state index contributed by atoms with van der Waals surface area (Å²) in [5.74, 6) is 0.887. The zero-order valence-electron chi connectivity index (χ0n) is 19.6. The first-order valence-corrected chi connectivity index (χ1v) is 11.5. The summed E-state index contributed by atoms with van der Waals surface area (Å²) < 4.78 is 0. The smallest absolute Gasteiger partial charge is 0.326 e. The molecule has 0 aliphatic heterocycles. The number of nitrogens with one attached hydrogen (secondary N) is 3. The van der Waals surface area contributed by atoms with E-state index in [1.807, 2.05) is 63.1 Å². The predicted octanol–water partition coefficient (Wildman–Crippen LogP) is 4.42. The standard InChI is InChI=1S/C23H29ClN8O2/c1-23(2,3)18(19(33)34)26-21-27-20(25-17-11-16(30-31-17)13-9-10-13)28-22(29-21)32(4)12-14-7-5-6-8-15(14)24/h5-8,11,13,18H,9-10,12H2,1-4H3,(H,33,34)(H3,25,26,27,28,29,30,31)/t18-/m1/s1. The lowest BCUT2D eigenvalue weighted by molar-refractivity contribution is -0.140. The van der Waals surface area contributed by atoms with Gasteiger partial charge >= 0.3 is 5.97 Å². The molecular formula is C23H29ClN8O2. The molecule has 10 nitrogen and oxygen atoms in total. The lowest BCUT2D eigenvalue weighted by Crippen LogP contribution is -2.41. The Bertz CT molecular complexity index is 1170. The lowest BCUT2D eigenvalue weighted by Gasteiger charge is -2.28. The molecule has 2 aromatic heterocycles. The van der Waals surface area contributed by atoms with E-state index in [0.29, 0.717) is 29.3 Å². The van der Waals surface area contributed by atoms with Crippen molar-refractivity contribution in [3.05, 3.63) is 46.6 Å². The van der Waals surface area contributed by atoms with Crippen molar-refractivity contribution in [1.82, 2.24) is 25.1 Å². The molecule has 1 atom stereocenters. The first kappa shape index (κ1) is 23.7. The molecule has 1 aliphatic rings. The first-order chi connectivity index (χ1) is 16.1. The number of hydrogen-bond donors (Lipinski definition) is 4. The molecule has 0 amide bonds. The quantitative estimate of drug-likeness (QED) is 0.348. The minimum Gasteiger partial charge on any atom is -0.480 e. The van der Waals surface area contributed by atoms with Gasteiger partial charge < -0.3 is 20.6 Å². The number of benzene rings is 1. The number of H-pyrrole nitrogens is 1. The Labute approximate surface area is 203 Å². The van der Waals surface area contributed by atoms with E-state index in [1.165, 1.54) is 0 Å². The SMILES string of the molecule is CN(Cc1ccccc1Cl)c1nc(Nc2cc(C3CC3)[nH]n2)nc(N[C@H](C(=O)O)C(C)(C)C)n1. The highest BCUT2D eigenvalue weighted by Gasteiger charge is 2.32. The van der Waals surface area contributed by atoms with Crippen LogP contribution < -0.4 is 15.5 Å². The maximum absolute atomic E-state index is 11.9. The van der Waals surface area contributed by atoms with Crippen molar-refractivity contribution in [2.24, 2.45) is 5.41 Å². The van der Waals surface area contributed by atoms with Gasteiger partial charge in [-0.25, -0.2) is 4.79 Å². The van der Waals surface area contributed by atoms with Crippen LogP contribution in [-0.2, 0) is 11.3 Å². The van der Waals surface area contributed by atoms with Gasteiger partial charge in [0.1, 0.15) is 6.04 Å². The molecule has 1 saturated carbocycles. The summed E-state index contributed by atoms with van der Waals surface area (Å²) in [5.41, 5.74) is 1.41. The van der Waals surface area contributed by atoms with Crippen molar-refractivity contribution >= 4 is 41.2 Å². The Hall–Kier alpha value is -3.40. The molecule has 0 saturated heterocycles. The number of aromatic amines is 1. The fourth-order valence-electron chi connectivity index (χ4n) is 3.51. The minimum absolute atomic E-state index is 0.152. The third kappa shape index (κ3) is 5.74. The lowest BCUT2D eigenvalue weighted by atomic mass is 9.87. The molecule has 1 aromatic carbocycles. The van der Waals surface area contributed by atoms with Crippen LogP contribution in [0.2, 0.25) is 5.02 Å². The van der Waals surface area contributed by atoms with E-state index in [-0.39, 0.29) is 11.9 Å². The molecule has 0 spiro atoms. The van der Waals surface area contributed by atoms with E-state index < -0.39 is 17.4 Å². The third-order valence-corrected chi connectivity index (χ3v) is 5.94. The van der Waals surface area contributed by atoms with Gasteiger partial charge in [-0.1, -0.05) is 50.6 Å². The van der Waals surface area contributed by atoms with E-state index in [2.05, 4.69) is 35.8 Å². The van der Waals surface area contributed by atoms with Gasteiger partial charge in [0.15, 0.2) is 5.82 Å². The van der Waals surface area contributed by atoms with E-state index in [1.54, 1.807) is 0 Å². The number of carboxylic acid groups (broad SMARTS) is 1. The fraction of sp³-hybridized carbons (Fsp3) is 0.435. The van der Waals surface area contributed by atoms with Crippen molar-refractivity contribution in [3.63, 3.8) is 0 Å². The maximum atomic E-state index is 11.9. The van der Waals surface area contributed by atoms with E-state index in [0.717, 1.165) is 24.1 Å². The van der Waals surface area contributed by atoms with Crippen molar-refractivity contribution in [2.75, 3.05) is 22.6 Å². The minimum atomic E-state index is -0.991. The van der Waals surface area contributed by atoms with Gasteiger partial charge in [-0.2, -0.15) is 20.1 Å². The van der Waals surface area contributed by atoms with Crippen LogP contribution in [0.1, 0.15) is 50.8 Å². The Balaban J connectivity index is 1.64. The predicted molar refractivity (Wildman–Crippen MR) is 132 cm³/mol. The normalized spacial score (nSPS) is 14.5. The zero-order valence-corrected chi connectivity index (χ0v) is 20.4. The summed E-state index contributed by atoms with van der Waals surface area (Å²) in [7, 11) is 1.84. The molecule has 2 heterocycles. The molecule has 3 aromatic rings. The maximum Gasteiger partial charge on any atom is 0.326 e. The highest BCUT2D eigenvalue weighted by Crippen LogP contribution is 2.39. The molecule has 0 unspecified atom stereocenters. The molecule has 34 heavy (non-hydrogen) atoms. The summed E-state index contributed by atoms with van der Waals surface area (Å²) >= 11 is 6.33. The topological polar surface area (TPSA) is 132 Å². The summed E-state index contributed by atoms with van der Waals surface area (Å²) in [6, 6.07) is 8.58. The number of aliphatic carboxylic acids is 1. The molecule has 1 fully saturated rings. The largest absolute Gasteiger partial charge is 0.480 e. The Morgan fingerprint density at radius 1 is 1.24 bits per heavy atom. The summed E-state index contributed by atoms with van der Waals surface area (Å²) in [6.45, 7) is 5.98. The van der Waals surface area contributed by atoms with E-state index >= 15 is 0 Å². The van der Waals surface area contributed by atoms with Crippen LogP contribution in [0.25, 0.3) is 0 Å². The average Bonchev–Trinajstić information content (AvgIpc) is 3.51. The molecule has 11 heteroatoms. The van der Waals surface area contributed by atoms with Crippen molar-refractivity contribution in [2.45, 2.75) is 52.1 Å². The van der Waals surface area contributed by atoms with Crippen LogP contribution in [0, 0.1) is 5.41 Å². The number of hydrogen-bond acceptors (Lipinski definition) is 8. The molecule has 180 valence electrons. The van der Waals surface area contributed by atoms with Crippen LogP contribution in [-0.4, -0.2) is 49.3 Å². The van der Waals surface area contributed by atoms with Gasteiger partial charge in [-0.3, -0.25) is 5.10 Å². The van der Waals surface area contributed by atoms with Gasteiger partial charge in [-0.05, 0) is 29.9 Å². The van der Waals surface area contributed by atoms with E-state index in [9.17, 15) is 9.90 Å². The molecule has 4 N–H and O–H groups in total. The molecular weight excluding hydrogens is 456 g/mol. The van der Waals surface area contributed by atoms with E-state index in [4.69, 9.17) is 11.6 Å². The molecule has 0 bridgehead atoms. The Morgan fingerprint density at radius 3 is 2.59 bits per heavy atom. The molecule has 0 radical (unpaired) electrons. The number of nitrogens with zero attached hydrogens (tertiary/aromatic N) is 5. The molecule has 1 aliphatic carbocycles. The second-order valence-electron chi connectivity index (χ2n) is 9.62. The van der Waals surface area contributed by atoms with Crippen molar-refractivity contribution < 1.29 is 9.90 Å². The number of halogens is 1. The number of aromatic nitrogens is 5. The second-order valence-corrected chi connectivity index (χ2v) is 10.0. The summed E-state index contributed by atoms with van der Waals surface area (Å²) in [6.07, 6.45) is 2.31. The van der Waals surface area contributed by atoms with Gasteiger partial charge in [0, 0.05) is 36.3 Å². The Kier molecular flexibility index (Phi) is 6.60. The van der Waals surface area contributed by atoms with Crippen LogP contribution in [0.5, 0.6) is 0 Å². The fourth-order valence-corrected chi connectivity index (χ4v) is 3.70. The van der Waals surface area contributed by atoms with Crippen LogP contribution in [0.3, 0.4) is 0 Å². The number of carboxylic acids is 1. The van der Waals surface area contributed by atoms with Gasteiger partial charge in [0.2, 0.25) is 17.8 Å². The van der Waals surface area contributed by atoms with Crippen LogP contribution in [0.15, 0.2) is 30.3 Å². The second kappa shape index (κ2) is 9.46. The summed E-state index contributed by atoms with van der Waals surface area (Å²) in [4.78, 5) is 27.2. The zero-order chi connectivity index (χ0) is 24.5. The van der Waals surface area contributed by atoms with Crippen molar-refractivity contribution in [3.8, 4) is 0 Å². The third-order valence-electron chi connectivity index (χ3n) is 5.57. The number of anilines is 4. The van der Waals surface area contributed by atoms with Crippen LogP contribution >= 0.6 is 11.6 Å². The summed E-state index contributed by atoms with van der Waals surface area (Å²) in [5, 5.41) is 23.8. The van der Waals surface area contributed by atoms with Gasteiger partial charge in [0.05, 0.1) is 0 Å². The van der Waals surface area contributed by atoms with Gasteiger partial charge in [-0.15, -0.1) is 0 Å². The highest BCUT2D eigenvalue weighted by molar-refractivity contribution is 6.31. The first-order valence-electron chi connectivity index (χ1n) is 11.1. The van der Waals surface area contributed by atoms with Crippen molar-refractivity contribution in [1.29, 1.82) is 0 Å². The molecule has 4 rings (SSSR count).